The van der Waals surface area contributed by atoms with Gasteiger partial charge in [-0.25, -0.2) is 4.98 Å². The van der Waals surface area contributed by atoms with E-state index in [1.54, 1.807) is 12.5 Å². The molecule has 1 aromatic heterocycles. The third kappa shape index (κ3) is 1.41. The zero-order valence-corrected chi connectivity index (χ0v) is 7.66. The molecule has 1 heterocycles. The summed E-state index contributed by atoms with van der Waals surface area (Å²) in [6.07, 6.45) is 8.01. The Bertz CT molecular complexity index is 349. The van der Waals surface area contributed by atoms with Crippen molar-refractivity contribution in [3.8, 4) is 0 Å². The highest BCUT2D eigenvalue weighted by molar-refractivity contribution is 6.00. The Morgan fingerprint density at radius 3 is 3.00 bits per heavy atom. The van der Waals surface area contributed by atoms with E-state index in [9.17, 15) is 4.79 Å². The molecule has 68 valence electrons. The van der Waals surface area contributed by atoms with Crippen LogP contribution in [0.5, 0.6) is 0 Å². The molecule has 0 fully saturated rings. The van der Waals surface area contributed by atoms with Crippen molar-refractivity contribution in [1.29, 1.82) is 0 Å². The van der Waals surface area contributed by atoms with Crippen LogP contribution in [-0.4, -0.2) is 15.3 Å². The quantitative estimate of drug-likeness (QED) is 0.654. The minimum atomic E-state index is 0.273. The molecule has 1 aliphatic rings. The highest BCUT2D eigenvalue weighted by Crippen LogP contribution is 2.24. The van der Waals surface area contributed by atoms with Crippen LogP contribution in [0.15, 0.2) is 24.3 Å². The fourth-order valence-electron chi connectivity index (χ4n) is 1.69. The second-order valence-electron chi connectivity index (χ2n) is 3.32. The zero-order chi connectivity index (χ0) is 9.26. The molecule has 0 aromatic carbocycles. The number of carbonyl (C=O) groups excluding carboxylic acids is 1. The minimum absolute atomic E-state index is 0.273. The fraction of sp³-hybridized carbons (Fsp3) is 0.400. The lowest BCUT2D eigenvalue weighted by Gasteiger charge is -2.16. The number of aromatic nitrogens is 2. The number of imidazole rings is 1. The maximum absolute atomic E-state index is 11.4. The van der Waals surface area contributed by atoms with E-state index in [4.69, 9.17) is 0 Å². The number of hydrogen-bond acceptors (Lipinski definition) is 2. The summed E-state index contributed by atoms with van der Waals surface area (Å²) in [5.74, 6) is 0.273. The second-order valence-corrected chi connectivity index (χ2v) is 3.32. The number of hydrogen-bond donors (Lipinski definition) is 0. The Morgan fingerprint density at radius 2 is 2.31 bits per heavy atom. The molecule has 3 heteroatoms. The molecule has 0 aliphatic heterocycles. The topological polar surface area (TPSA) is 34.9 Å². The predicted octanol–water partition coefficient (Wildman–Crippen LogP) is 1.87. The molecule has 0 radical (unpaired) electrons. The first kappa shape index (κ1) is 8.23. The molecule has 0 amide bonds. The molecule has 1 aliphatic carbocycles. The monoisotopic (exact) mass is 176 g/mol. The van der Waals surface area contributed by atoms with Crippen molar-refractivity contribution < 1.29 is 4.79 Å². The lowest BCUT2D eigenvalue weighted by molar-refractivity contribution is -0.115. The van der Waals surface area contributed by atoms with Crippen LogP contribution in [0, 0.1) is 0 Å². The minimum Gasteiger partial charge on any atom is -0.310 e. The van der Waals surface area contributed by atoms with Crippen LogP contribution in [0.4, 0.5) is 0 Å². The lowest BCUT2D eigenvalue weighted by Crippen LogP contribution is -2.11. The SMILES string of the molecule is CC1=C(n2ccnc2)CCCC1=O. The first-order valence-corrected chi connectivity index (χ1v) is 4.50. The van der Waals surface area contributed by atoms with Gasteiger partial charge in [-0.1, -0.05) is 0 Å². The average molecular weight is 176 g/mol. The molecule has 1 aromatic rings. The average Bonchev–Trinajstić information content (AvgIpc) is 2.62. The van der Waals surface area contributed by atoms with Crippen LogP contribution >= 0.6 is 0 Å². The molecule has 0 bridgehead atoms. The van der Waals surface area contributed by atoms with Gasteiger partial charge < -0.3 is 4.57 Å². The molecule has 2 rings (SSSR count). The summed E-state index contributed by atoms with van der Waals surface area (Å²) in [5, 5.41) is 0. The van der Waals surface area contributed by atoms with E-state index >= 15 is 0 Å². The van der Waals surface area contributed by atoms with E-state index in [0.29, 0.717) is 6.42 Å². The first-order valence-electron chi connectivity index (χ1n) is 4.50. The van der Waals surface area contributed by atoms with E-state index in [2.05, 4.69) is 4.98 Å². The van der Waals surface area contributed by atoms with Crippen molar-refractivity contribution in [2.75, 3.05) is 0 Å². The zero-order valence-electron chi connectivity index (χ0n) is 7.66. The second kappa shape index (κ2) is 3.17. The van der Waals surface area contributed by atoms with Crippen LogP contribution in [0.2, 0.25) is 0 Å². The summed E-state index contributed by atoms with van der Waals surface area (Å²) in [6, 6.07) is 0. The Hall–Kier alpha value is -1.38. The summed E-state index contributed by atoms with van der Waals surface area (Å²) in [6.45, 7) is 1.90. The van der Waals surface area contributed by atoms with Crippen LogP contribution in [0.25, 0.3) is 5.70 Å². The van der Waals surface area contributed by atoms with Gasteiger partial charge in [0.2, 0.25) is 0 Å². The molecule has 3 nitrogen and oxygen atoms in total. The van der Waals surface area contributed by atoms with Crippen LogP contribution < -0.4 is 0 Å². The third-order valence-electron chi connectivity index (χ3n) is 2.48. The smallest absolute Gasteiger partial charge is 0.160 e. The van der Waals surface area contributed by atoms with Gasteiger partial charge in [0.1, 0.15) is 0 Å². The van der Waals surface area contributed by atoms with Crippen molar-refractivity contribution in [2.24, 2.45) is 0 Å². The number of nitrogens with zero attached hydrogens (tertiary/aromatic N) is 2. The van der Waals surface area contributed by atoms with Crippen LogP contribution in [-0.2, 0) is 4.79 Å². The van der Waals surface area contributed by atoms with Crippen LogP contribution in [0.3, 0.4) is 0 Å². The number of ketones is 1. The standard InChI is InChI=1S/C10H12N2O/c1-8-9(3-2-4-10(8)13)12-6-5-11-7-12/h5-7H,2-4H2,1H3. The molecule has 0 atom stereocenters. The largest absolute Gasteiger partial charge is 0.310 e. The summed E-state index contributed by atoms with van der Waals surface area (Å²) in [4.78, 5) is 15.4. The molecular formula is C10H12N2O. The normalized spacial score (nSPS) is 18.1. The van der Waals surface area contributed by atoms with Gasteiger partial charge in [-0.15, -0.1) is 0 Å². The number of carbonyl (C=O) groups is 1. The third-order valence-corrected chi connectivity index (χ3v) is 2.48. The highest BCUT2D eigenvalue weighted by Gasteiger charge is 2.17. The molecular weight excluding hydrogens is 164 g/mol. The molecule has 0 saturated carbocycles. The van der Waals surface area contributed by atoms with Gasteiger partial charge in [0.15, 0.2) is 5.78 Å². The van der Waals surface area contributed by atoms with Gasteiger partial charge in [0.05, 0.1) is 6.33 Å². The Kier molecular flexibility index (Phi) is 2.00. The molecule has 13 heavy (non-hydrogen) atoms. The highest BCUT2D eigenvalue weighted by atomic mass is 16.1. The maximum Gasteiger partial charge on any atom is 0.160 e. The summed E-state index contributed by atoms with van der Waals surface area (Å²) >= 11 is 0. The molecule has 0 N–H and O–H groups in total. The van der Waals surface area contributed by atoms with E-state index in [1.165, 1.54) is 0 Å². The summed E-state index contributed by atoms with van der Waals surface area (Å²) in [7, 11) is 0. The van der Waals surface area contributed by atoms with E-state index in [0.717, 1.165) is 24.1 Å². The first-order chi connectivity index (χ1) is 6.29. The van der Waals surface area contributed by atoms with Gasteiger partial charge in [0.25, 0.3) is 0 Å². The Morgan fingerprint density at radius 1 is 1.46 bits per heavy atom. The van der Waals surface area contributed by atoms with Crippen molar-refractivity contribution >= 4 is 11.5 Å². The van der Waals surface area contributed by atoms with Crippen molar-refractivity contribution in [3.05, 3.63) is 24.3 Å². The Labute approximate surface area is 77.1 Å². The van der Waals surface area contributed by atoms with Crippen molar-refractivity contribution in [2.45, 2.75) is 26.2 Å². The molecule has 0 spiro atoms. The Balaban J connectivity index is 2.42. The number of Topliss-reactive ketones (excluding diaryl/α,β-unsaturated/α-hetero) is 1. The fourth-order valence-corrected chi connectivity index (χ4v) is 1.69. The van der Waals surface area contributed by atoms with Crippen molar-refractivity contribution in [1.82, 2.24) is 9.55 Å². The van der Waals surface area contributed by atoms with Crippen LogP contribution in [0.1, 0.15) is 26.2 Å². The van der Waals surface area contributed by atoms with Gasteiger partial charge in [0, 0.05) is 30.1 Å². The predicted molar refractivity (Wildman–Crippen MR) is 50.0 cm³/mol. The maximum atomic E-state index is 11.4. The van der Waals surface area contributed by atoms with Crippen molar-refractivity contribution in [3.63, 3.8) is 0 Å². The van der Waals surface area contributed by atoms with E-state index in [-0.39, 0.29) is 5.78 Å². The van der Waals surface area contributed by atoms with Gasteiger partial charge in [-0.2, -0.15) is 0 Å². The summed E-state index contributed by atoms with van der Waals surface area (Å²) < 4.78 is 1.94. The van der Waals surface area contributed by atoms with Gasteiger partial charge >= 0.3 is 0 Å². The van der Waals surface area contributed by atoms with E-state index < -0.39 is 0 Å². The number of allylic oxidation sites excluding steroid dienone is 2. The lowest BCUT2D eigenvalue weighted by atomic mass is 9.96. The number of rotatable bonds is 1. The summed E-state index contributed by atoms with van der Waals surface area (Å²) in [5.41, 5.74) is 2.00. The van der Waals surface area contributed by atoms with E-state index in [1.807, 2.05) is 17.7 Å². The van der Waals surface area contributed by atoms with Gasteiger partial charge in [-0.05, 0) is 19.8 Å². The molecule has 0 unspecified atom stereocenters. The molecule has 0 saturated heterocycles. The van der Waals surface area contributed by atoms with Gasteiger partial charge in [-0.3, -0.25) is 4.79 Å².